The first-order valence-electron chi connectivity index (χ1n) is 9.20. The molecule has 0 heterocycles. The van der Waals surface area contributed by atoms with Crippen LogP contribution >= 0.6 is 0 Å². The summed E-state index contributed by atoms with van der Waals surface area (Å²) in [5.74, 6) is 0.571. The molecule has 2 aromatic carbocycles. The Labute approximate surface area is 163 Å². The van der Waals surface area contributed by atoms with Crippen molar-refractivity contribution >= 4 is 9.84 Å². The number of ether oxygens (including phenoxy) is 1. The van der Waals surface area contributed by atoms with Gasteiger partial charge in [0.15, 0.2) is 9.84 Å². The first kappa shape index (κ1) is 20.7. The predicted octanol–water partition coefficient (Wildman–Crippen LogP) is 5.14. The molecule has 0 saturated carbocycles. The fraction of sp³-hybridized carbons (Fsp3) is 0.429. The van der Waals surface area contributed by atoms with Crippen LogP contribution in [0.15, 0.2) is 42.5 Å². The van der Waals surface area contributed by atoms with Crippen LogP contribution in [0.4, 0.5) is 13.2 Å². The van der Waals surface area contributed by atoms with Gasteiger partial charge in [0.1, 0.15) is 12.4 Å². The molecule has 0 fully saturated rings. The SMILES string of the molecule is CC(C)S(=O)(=O)CC1CCc2cc(OCc3ccccc3C(F)(F)F)ccc21. The molecule has 2 aromatic rings. The van der Waals surface area contributed by atoms with E-state index >= 15 is 0 Å². The van der Waals surface area contributed by atoms with E-state index in [1.807, 2.05) is 12.1 Å². The molecular formula is C21H23F3O3S. The summed E-state index contributed by atoms with van der Waals surface area (Å²) in [6, 6.07) is 10.7. The highest BCUT2D eigenvalue weighted by atomic mass is 32.2. The number of rotatable bonds is 6. The standard InChI is InChI=1S/C21H23F3O3S/c1-14(2)28(25,26)13-17-8-7-15-11-18(9-10-19(15)17)27-12-16-5-3-4-6-20(16)21(22,23)24/h3-6,9-11,14,17H,7-8,12-13H2,1-2H3. The maximum Gasteiger partial charge on any atom is 0.416 e. The summed E-state index contributed by atoms with van der Waals surface area (Å²) in [4.78, 5) is 0. The number of sulfone groups is 1. The van der Waals surface area contributed by atoms with Crippen LogP contribution in [0.25, 0.3) is 0 Å². The highest BCUT2D eigenvalue weighted by molar-refractivity contribution is 7.92. The molecule has 3 rings (SSSR count). The number of hydrogen-bond acceptors (Lipinski definition) is 3. The number of alkyl halides is 3. The second kappa shape index (κ2) is 7.78. The molecule has 152 valence electrons. The Kier molecular flexibility index (Phi) is 5.75. The van der Waals surface area contributed by atoms with Gasteiger partial charge in [-0.2, -0.15) is 13.2 Å². The molecule has 3 nitrogen and oxygen atoms in total. The van der Waals surface area contributed by atoms with Gasteiger partial charge in [-0.15, -0.1) is 0 Å². The minimum Gasteiger partial charge on any atom is -0.489 e. The van der Waals surface area contributed by atoms with Crippen molar-refractivity contribution < 1.29 is 26.3 Å². The monoisotopic (exact) mass is 412 g/mol. The zero-order valence-electron chi connectivity index (χ0n) is 15.8. The summed E-state index contributed by atoms with van der Waals surface area (Å²) in [6.45, 7) is 3.18. The average molecular weight is 412 g/mol. The van der Waals surface area contributed by atoms with Gasteiger partial charge >= 0.3 is 6.18 Å². The van der Waals surface area contributed by atoms with Gasteiger partial charge < -0.3 is 4.74 Å². The third-order valence-electron chi connectivity index (χ3n) is 5.19. The normalized spacial score (nSPS) is 17.0. The van der Waals surface area contributed by atoms with E-state index in [2.05, 4.69) is 0 Å². The highest BCUT2D eigenvalue weighted by Gasteiger charge is 2.33. The van der Waals surface area contributed by atoms with E-state index in [0.717, 1.165) is 30.0 Å². The molecule has 0 saturated heterocycles. The number of benzene rings is 2. The molecule has 0 N–H and O–H groups in total. The lowest BCUT2D eigenvalue weighted by Gasteiger charge is -2.16. The number of hydrogen-bond donors (Lipinski definition) is 0. The van der Waals surface area contributed by atoms with Crippen LogP contribution in [0.5, 0.6) is 5.75 Å². The van der Waals surface area contributed by atoms with Crippen LogP contribution in [-0.2, 0) is 29.0 Å². The highest BCUT2D eigenvalue weighted by Crippen LogP contribution is 2.37. The van der Waals surface area contributed by atoms with Crippen LogP contribution in [0, 0.1) is 0 Å². The Morgan fingerprint density at radius 3 is 2.54 bits per heavy atom. The van der Waals surface area contributed by atoms with Crippen molar-refractivity contribution in [2.45, 2.75) is 50.6 Å². The van der Waals surface area contributed by atoms with E-state index in [0.29, 0.717) is 5.75 Å². The van der Waals surface area contributed by atoms with Crippen molar-refractivity contribution in [2.24, 2.45) is 0 Å². The fourth-order valence-corrected chi connectivity index (χ4v) is 4.79. The summed E-state index contributed by atoms with van der Waals surface area (Å²) >= 11 is 0. The maximum atomic E-state index is 13.1. The molecule has 1 aliphatic carbocycles. The van der Waals surface area contributed by atoms with Crippen molar-refractivity contribution in [3.05, 3.63) is 64.7 Å². The van der Waals surface area contributed by atoms with E-state index in [-0.39, 0.29) is 23.8 Å². The fourth-order valence-electron chi connectivity index (χ4n) is 3.50. The smallest absolute Gasteiger partial charge is 0.416 e. The first-order chi connectivity index (χ1) is 13.1. The molecule has 0 bridgehead atoms. The van der Waals surface area contributed by atoms with Gasteiger partial charge in [0, 0.05) is 5.56 Å². The van der Waals surface area contributed by atoms with Gasteiger partial charge in [-0.1, -0.05) is 24.3 Å². The van der Waals surface area contributed by atoms with Crippen molar-refractivity contribution in [3.63, 3.8) is 0 Å². The topological polar surface area (TPSA) is 43.4 Å². The van der Waals surface area contributed by atoms with Gasteiger partial charge in [-0.05, 0) is 61.9 Å². The minimum atomic E-state index is -4.42. The summed E-state index contributed by atoms with van der Waals surface area (Å²) in [6.07, 6.45) is -2.93. The Balaban J connectivity index is 1.73. The van der Waals surface area contributed by atoms with E-state index in [9.17, 15) is 21.6 Å². The van der Waals surface area contributed by atoms with E-state index in [1.165, 1.54) is 12.1 Å². The lowest BCUT2D eigenvalue weighted by Crippen LogP contribution is -2.21. The van der Waals surface area contributed by atoms with Crippen LogP contribution in [0.2, 0.25) is 0 Å². The lowest BCUT2D eigenvalue weighted by molar-refractivity contribution is -0.138. The van der Waals surface area contributed by atoms with Gasteiger partial charge in [-0.25, -0.2) is 8.42 Å². The molecule has 1 aliphatic rings. The lowest BCUT2D eigenvalue weighted by atomic mass is 10.0. The molecule has 0 spiro atoms. The van der Waals surface area contributed by atoms with Crippen LogP contribution in [-0.4, -0.2) is 19.4 Å². The van der Waals surface area contributed by atoms with Crippen molar-refractivity contribution in [1.82, 2.24) is 0 Å². The molecule has 7 heteroatoms. The third kappa shape index (κ3) is 4.51. The van der Waals surface area contributed by atoms with Crippen LogP contribution < -0.4 is 4.74 Å². The molecule has 0 aromatic heterocycles. The molecule has 1 atom stereocenters. The van der Waals surface area contributed by atoms with E-state index in [1.54, 1.807) is 26.0 Å². The Hall–Kier alpha value is -2.02. The Bertz CT molecular complexity index is 950. The van der Waals surface area contributed by atoms with Gasteiger partial charge in [0.25, 0.3) is 0 Å². The maximum absolute atomic E-state index is 13.1. The predicted molar refractivity (Wildman–Crippen MR) is 102 cm³/mol. The Morgan fingerprint density at radius 1 is 1.14 bits per heavy atom. The van der Waals surface area contributed by atoms with Crippen molar-refractivity contribution in [1.29, 1.82) is 0 Å². The van der Waals surface area contributed by atoms with Crippen LogP contribution in [0.1, 0.15) is 48.4 Å². The molecule has 1 unspecified atom stereocenters. The average Bonchev–Trinajstić information content (AvgIpc) is 3.01. The Morgan fingerprint density at radius 2 is 1.86 bits per heavy atom. The molecular weight excluding hydrogens is 389 g/mol. The molecule has 28 heavy (non-hydrogen) atoms. The first-order valence-corrected chi connectivity index (χ1v) is 10.9. The summed E-state index contributed by atoms with van der Waals surface area (Å²) < 4.78 is 69.3. The number of halogens is 3. The largest absolute Gasteiger partial charge is 0.489 e. The third-order valence-corrected chi connectivity index (χ3v) is 7.49. The van der Waals surface area contributed by atoms with E-state index in [4.69, 9.17) is 4.74 Å². The molecule has 0 aliphatic heterocycles. The van der Waals surface area contributed by atoms with Crippen LogP contribution in [0.3, 0.4) is 0 Å². The number of fused-ring (bicyclic) bond motifs is 1. The van der Waals surface area contributed by atoms with Crippen molar-refractivity contribution in [2.75, 3.05) is 5.75 Å². The zero-order valence-corrected chi connectivity index (χ0v) is 16.6. The van der Waals surface area contributed by atoms with Crippen molar-refractivity contribution in [3.8, 4) is 5.75 Å². The van der Waals surface area contributed by atoms with Gasteiger partial charge in [0.2, 0.25) is 0 Å². The summed E-state index contributed by atoms with van der Waals surface area (Å²) in [7, 11) is -3.14. The second-order valence-corrected chi connectivity index (χ2v) is 10.0. The minimum absolute atomic E-state index is 0.0394. The molecule has 0 amide bonds. The molecule has 0 radical (unpaired) electrons. The summed E-state index contributed by atoms with van der Waals surface area (Å²) in [5.41, 5.74) is 1.38. The number of aryl methyl sites for hydroxylation is 1. The quantitative estimate of drug-likeness (QED) is 0.660. The summed E-state index contributed by atoms with van der Waals surface area (Å²) in [5, 5.41) is -0.409. The van der Waals surface area contributed by atoms with Gasteiger partial charge in [-0.3, -0.25) is 0 Å². The zero-order chi connectivity index (χ0) is 20.5. The van der Waals surface area contributed by atoms with E-state index < -0.39 is 26.8 Å². The van der Waals surface area contributed by atoms with Gasteiger partial charge in [0.05, 0.1) is 16.6 Å². The second-order valence-electron chi connectivity index (χ2n) is 7.42.